The van der Waals surface area contributed by atoms with Crippen molar-refractivity contribution < 1.29 is 14.5 Å². The number of aromatic nitrogens is 1. The summed E-state index contributed by atoms with van der Waals surface area (Å²) in [6.07, 6.45) is 2.79. The van der Waals surface area contributed by atoms with E-state index < -0.39 is 5.60 Å². The smallest absolute Gasteiger partial charge is 0.410 e. The van der Waals surface area contributed by atoms with Crippen molar-refractivity contribution in [2.24, 2.45) is 0 Å². The molecule has 1 atom stereocenters. The molecule has 0 radical (unpaired) electrons. The van der Waals surface area contributed by atoms with E-state index in [1.54, 1.807) is 17.2 Å². The van der Waals surface area contributed by atoms with Crippen LogP contribution in [0.3, 0.4) is 0 Å². The molecule has 0 aliphatic carbocycles. The molecule has 0 spiro atoms. The van der Waals surface area contributed by atoms with Crippen molar-refractivity contribution in [3.8, 4) is 0 Å². The lowest BCUT2D eigenvalue weighted by molar-refractivity contribution is -0.383. The van der Waals surface area contributed by atoms with Crippen LogP contribution in [0.4, 0.5) is 22.0 Å². The third kappa shape index (κ3) is 7.21. The molecule has 1 N–H and O–H groups in total. The normalized spacial score (nSPS) is 15.6. The van der Waals surface area contributed by atoms with Crippen LogP contribution in [0.15, 0.2) is 72.9 Å². The Balaban J connectivity index is 1.61. The number of carbonyl (C=O) groups excluding carboxylic acids is 1. The van der Waals surface area contributed by atoms with Gasteiger partial charge in [-0.2, -0.15) is 0 Å². The summed E-state index contributed by atoms with van der Waals surface area (Å²) in [6, 6.07) is 21.2. The van der Waals surface area contributed by atoms with Gasteiger partial charge in [0.2, 0.25) is 5.82 Å². The van der Waals surface area contributed by atoms with Crippen molar-refractivity contribution in [2.75, 3.05) is 23.3 Å². The first-order valence-corrected chi connectivity index (χ1v) is 12.9. The molecular formula is C29H35N5O4. The fraction of sp³-hybridized carbons (Fsp3) is 0.379. The zero-order valence-corrected chi connectivity index (χ0v) is 22.2. The van der Waals surface area contributed by atoms with Gasteiger partial charge in [-0.1, -0.05) is 60.7 Å². The summed E-state index contributed by atoms with van der Waals surface area (Å²) in [5.41, 5.74) is 1.78. The number of nitrogens with zero attached hydrogens (tertiary/aromatic N) is 4. The van der Waals surface area contributed by atoms with Crippen LogP contribution in [0.5, 0.6) is 0 Å². The first kappa shape index (κ1) is 26.9. The summed E-state index contributed by atoms with van der Waals surface area (Å²) < 4.78 is 5.54. The fourth-order valence-electron chi connectivity index (χ4n) is 4.59. The van der Waals surface area contributed by atoms with Gasteiger partial charge in [0.25, 0.3) is 0 Å². The van der Waals surface area contributed by atoms with Gasteiger partial charge in [0.15, 0.2) is 0 Å². The third-order valence-electron chi connectivity index (χ3n) is 6.25. The van der Waals surface area contributed by atoms with Crippen molar-refractivity contribution >= 4 is 23.3 Å². The highest BCUT2D eigenvalue weighted by Gasteiger charge is 2.31. The van der Waals surface area contributed by atoms with Crippen LogP contribution in [0.25, 0.3) is 0 Å². The van der Waals surface area contributed by atoms with E-state index in [4.69, 9.17) is 4.74 Å². The molecule has 1 saturated heterocycles. The van der Waals surface area contributed by atoms with E-state index in [2.05, 4.69) is 10.3 Å². The van der Waals surface area contributed by atoms with Gasteiger partial charge in [-0.3, -0.25) is 10.1 Å². The first-order chi connectivity index (χ1) is 18.2. The van der Waals surface area contributed by atoms with Crippen LogP contribution in [-0.2, 0) is 17.8 Å². The lowest BCUT2D eigenvalue weighted by atomic mass is 10.1. The fourth-order valence-corrected chi connectivity index (χ4v) is 4.59. The Labute approximate surface area is 223 Å². The summed E-state index contributed by atoms with van der Waals surface area (Å²) in [6.45, 7) is 7.43. The molecule has 4 rings (SSSR count). The maximum absolute atomic E-state index is 12.6. The van der Waals surface area contributed by atoms with Gasteiger partial charge in [0.05, 0.1) is 4.92 Å². The molecule has 2 aromatic carbocycles. The second-order valence-corrected chi connectivity index (χ2v) is 10.5. The second kappa shape index (κ2) is 11.9. The number of benzene rings is 2. The molecule has 0 saturated carbocycles. The van der Waals surface area contributed by atoms with Crippen LogP contribution in [0.2, 0.25) is 0 Å². The van der Waals surface area contributed by atoms with Gasteiger partial charge in [0, 0.05) is 38.4 Å². The lowest BCUT2D eigenvalue weighted by Crippen LogP contribution is -2.47. The standard InChI is InChI=1S/C29H35N5O4/c1-29(2,3)38-28(35)32-18-10-15-24(21-32)31-25-16-17-30-27(26(25)34(36)37)33(19-22-11-6-4-7-12-22)20-23-13-8-5-9-14-23/h4-9,11-14,16-17,24H,10,15,18-21H2,1-3H3,(H,30,31)/t24-/m1/s1. The van der Waals surface area contributed by atoms with E-state index >= 15 is 0 Å². The Morgan fingerprint density at radius 2 is 1.68 bits per heavy atom. The number of rotatable bonds is 8. The number of hydrogen-bond donors (Lipinski definition) is 1. The molecule has 1 aliphatic rings. The highest BCUT2D eigenvalue weighted by molar-refractivity contribution is 5.74. The highest BCUT2D eigenvalue weighted by Crippen LogP contribution is 2.36. The number of likely N-dealkylation sites (tertiary alicyclic amines) is 1. The van der Waals surface area contributed by atoms with E-state index in [1.165, 1.54) is 0 Å². The Bertz CT molecular complexity index is 1190. The van der Waals surface area contributed by atoms with Gasteiger partial charge < -0.3 is 19.9 Å². The van der Waals surface area contributed by atoms with Gasteiger partial charge in [0.1, 0.15) is 11.3 Å². The van der Waals surface area contributed by atoms with Crippen LogP contribution in [0.1, 0.15) is 44.7 Å². The number of nitrogens with one attached hydrogen (secondary N) is 1. The minimum atomic E-state index is -0.586. The summed E-state index contributed by atoms with van der Waals surface area (Å²) in [5, 5.41) is 15.8. The number of nitro groups is 1. The number of piperidine rings is 1. The van der Waals surface area contributed by atoms with Gasteiger partial charge in [-0.15, -0.1) is 0 Å². The van der Waals surface area contributed by atoms with Gasteiger partial charge >= 0.3 is 11.8 Å². The zero-order valence-electron chi connectivity index (χ0n) is 22.2. The van der Waals surface area contributed by atoms with Crippen LogP contribution in [0, 0.1) is 10.1 Å². The average molecular weight is 518 g/mol. The summed E-state index contributed by atoms with van der Waals surface area (Å²) in [4.78, 5) is 32.8. The Hall–Kier alpha value is -4.14. The molecular weight excluding hydrogens is 482 g/mol. The van der Waals surface area contributed by atoms with Crippen molar-refractivity contribution in [3.05, 3.63) is 94.2 Å². The lowest BCUT2D eigenvalue weighted by Gasteiger charge is -2.34. The second-order valence-electron chi connectivity index (χ2n) is 10.5. The Kier molecular flexibility index (Phi) is 8.45. The zero-order chi connectivity index (χ0) is 27.1. The highest BCUT2D eigenvalue weighted by atomic mass is 16.6. The molecule has 1 fully saturated rings. The van der Waals surface area contributed by atoms with E-state index in [-0.39, 0.29) is 22.7 Å². The molecule has 9 nitrogen and oxygen atoms in total. The van der Waals surface area contributed by atoms with E-state index in [0.29, 0.717) is 37.7 Å². The third-order valence-corrected chi connectivity index (χ3v) is 6.25. The maximum atomic E-state index is 12.6. The van der Waals surface area contributed by atoms with Crippen LogP contribution >= 0.6 is 0 Å². The number of amides is 1. The minimum absolute atomic E-state index is 0.0752. The Morgan fingerprint density at radius 1 is 1.08 bits per heavy atom. The Morgan fingerprint density at radius 3 is 2.24 bits per heavy atom. The number of anilines is 2. The molecule has 200 valence electrons. The van der Waals surface area contributed by atoms with E-state index in [1.807, 2.05) is 86.3 Å². The SMILES string of the molecule is CC(C)(C)OC(=O)N1CCC[C@@H](Nc2ccnc(N(Cc3ccccc3)Cc3ccccc3)c2[N+](=O)[O-])C1. The number of pyridine rings is 1. The molecule has 1 aliphatic heterocycles. The monoisotopic (exact) mass is 517 g/mol. The molecule has 9 heteroatoms. The molecule has 2 heterocycles. The largest absolute Gasteiger partial charge is 0.444 e. The van der Waals surface area contributed by atoms with Crippen LogP contribution < -0.4 is 10.2 Å². The van der Waals surface area contributed by atoms with E-state index in [0.717, 1.165) is 24.0 Å². The summed E-state index contributed by atoms with van der Waals surface area (Å²) >= 11 is 0. The minimum Gasteiger partial charge on any atom is -0.444 e. The molecule has 1 amide bonds. The van der Waals surface area contributed by atoms with Gasteiger partial charge in [-0.25, -0.2) is 9.78 Å². The topological polar surface area (TPSA) is 101 Å². The summed E-state index contributed by atoms with van der Waals surface area (Å²) in [7, 11) is 0. The van der Waals surface area contributed by atoms with Crippen molar-refractivity contribution in [1.82, 2.24) is 9.88 Å². The average Bonchev–Trinajstić information content (AvgIpc) is 2.88. The van der Waals surface area contributed by atoms with Crippen LogP contribution in [-0.4, -0.2) is 45.6 Å². The predicted octanol–water partition coefficient (Wildman–Crippen LogP) is 6.01. The predicted molar refractivity (Wildman–Crippen MR) is 148 cm³/mol. The van der Waals surface area contributed by atoms with Gasteiger partial charge in [-0.05, 0) is 50.8 Å². The maximum Gasteiger partial charge on any atom is 0.410 e. The summed E-state index contributed by atoms with van der Waals surface area (Å²) in [5.74, 6) is 0.299. The molecule has 3 aromatic rings. The van der Waals surface area contributed by atoms with Crippen molar-refractivity contribution in [2.45, 2.75) is 58.3 Å². The quantitative estimate of drug-likeness (QED) is 0.288. The molecule has 0 unspecified atom stereocenters. The van der Waals surface area contributed by atoms with E-state index in [9.17, 15) is 14.9 Å². The molecule has 0 bridgehead atoms. The first-order valence-electron chi connectivity index (χ1n) is 12.9. The number of carbonyl (C=O) groups is 1. The number of hydrogen-bond acceptors (Lipinski definition) is 7. The van der Waals surface area contributed by atoms with Crippen molar-refractivity contribution in [1.29, 1.82) is 0 Å². The molecule has 1 aromatic heterocycles. The molecule has 38 heavy (non-hydrogen) atoms. The number of ether oxygens (including phenoxy) is 1. The van der Waals surface area contributed by atoms with Crippen molar-refractivity contribution in [3.63, 3.8) is 0 Å².